The number of fused-ring (bicyclic) bond motifs is 1. The second-order valence-corrected chi connectivity index (χ2v) is 6.83. The maximum absolute atomic E-state index is 13.7. The van der Waals surface area contributed by atoms with Crippen molar-refractivity contribution in [2.24, 2.45) is 0 Å². The molecule has 0 fully saturated rings. The summed E-state index contributed by atoms with van der Waals surface area (Å²) in [6, 6.07) is 6.68. The average molecular weight is 446 g/mol. The number of alkyl halides is 3. The molecule has 0 aliphatic rings. The van der Waals surface area contributed by atoms with Crippen LogP contribution in [-0.4, -0.2) is 20.6 Å². The van der Waals surface area contributed by atoms with Crippen LogP contribution in [-0.2, 0) is 12.7 Å². The zero-order chi connectivity index (χ0) is 20.8. The predicted octanol–water partition coefficient (Wildman–Crippen LogP) is 5.69. The van der Waals surface area contributed by atoms with Crippen molar-refractivity contribution in [1.29, 1.82) is 0 Å². The minimum absolute atomic E-state index is 0.00671. The molecule has 0 amide bonds. The number of hydrogen-bond acceptors (Lipinski definition) is 5. The van der Waals surface area contributed by atoms with Gasteiger partial charge in [-0.25, -0.2) is 9.49 Å². The van der Waals surface area contributed by atoms with Crippen molar-refractivity contribution in [3.05, 3.63) is 57.3 Å². The Kier molecular flexibility index (Phi) is 4.83. The van der Waals surface area contributed by atoms with E-state index in [2.05, 4.69) is 25.9 Å². The molecule has 2 aromatic carbocycles. The van der Waals surface area contributed by atoms with E-state index in [1.165, 1.54) is 0 Å². The van der Waals surface area contributed by atoms with Crippen LogP contribution in [0.1, 0.15) is 11.1 Å². The summed E-state index contributed by atoms with van der Waals surface area (Å²) < 4.78 is 58.2. The predicted molar refractivity (Wildman–Crippen MR) is 98.1 cm³/mol. The SMILES string of the molecule is Fc1c(Cl)cc(NCc2cc3oc(-c4nnn[nH]4)cc3cc2Cl)cc1C(F)(F)F. The van der Waals surface area contributed by atoms with Crippen LogP contribution in [0.25, 0.3) is 22.6 Å². The molecule has 0 aliphatic carbocycles. The third-order valence-electron chi connectivity index (χ3n) is 4.08. The van der Waals surface area contributed by atoms with E-state index in [4.69, 9.17) is 27.6 Å². The monoisotopic (exact) mass is 445 g/mol. The summed E-state index contributed by atoms with van der Waals surface area (Å²) in [5.41, 5.74) is -0.436. The van der Waals surface area contributed by atoms with Crippen molar-refractivity contribution in [3.63, 3.8) is 0 Å². The fourth-order valence-electron chi connectivity index (χ4n) is 2.71. The lowest BCUT2D eigenvalue weighted by Gasteiger charge is -2.13. The number of anilines is 1. The van der Waals surface area contributed by atoms with Gasteiger partial charge >= 0.3 is 6.18 Å². The molecule has 0 radical (unpaired) electrons. The maximum atomic E-state index is 13.7. The van der Waals surface area contributed by atoms with Gasteiger partial charge in [-0.15, -0.1) is 5.10 Å². The van der Waals surface area contributed by atoms with Gasteiger partial charge in [-0.3, -0.25) is 0 Å². The number of aromatic nitrogens is 4. The Hall–Kier alpha value is -2.85. The number of nitrogens with one attached hydrogen (secondary N) is 2. The highest BCUT2D eigenvalue weighted by Gasteiger charge is 2.35. The second kappa shape index (κ2) is 7.20. The van der Waals surface area contributed by atoms with Crippen molar-refractivity contribution in [2.45, 2.75) is 12.7 Å². The van der Waals surface area contributed by atoms with Crippen molar-refractivity contribution >= 4 is 39.9 Å². The molecule has 0 unspecified atom stereocenters. The summed E-state index contributed by atoms with van der Waals surface area (Å²) in [6.07, 6.45) is -4.87. The molecule has 0 aliphatic heterocycles. The summed E-state index contributed by atoms with van der Waals surface area (Å²) in [5.74, 6) is -0.793. The first-order chi connectivity index (χ1) is 13.7. The van der Waals surface area contributed by atoms with E-state index in [0.717, 1.165) is 6.07 Å². The number of furan rings is 1. The fraction of sp³-hybridized carbons (Fsp3) is 0.118. The largest absolute Gasteiger partial charge is 0.453 e. The number of benzene rings is 2. The zero-order valence-electron chi connectivity index (χ0n) is 14.1. The van der Waals surface area contributed by atoms with Crippen LogP contribution >= 0.6 is 23.2 Å². The van der Waals surface area contributed by atoms with Crippen molar-refractivity contribution in [3.8, 4) is 11.6 Å². The number of halogens is 6. The summed E-state index contributed by atoms with van der Waals surface area (Å²) in [7, 11) is 0. The van der Waals surface area contributed by atoms with Crippen molar-refractivity contribution in [1.82, 2.24) is 20.6 Å². The van der Waals surface area contributed by atoms with Gasteiger partial charge in [0.1, 0.15) is 5.58 Å². The highest BCUT2D eigenvalue weighted by Crippen LogP contribution is 2.37. The van der Waals surface area contributed by atoms with Crippen LogP contribution in [0.15, 0.2) is 34.7 Å². The second-order valence-electron chi connectivity index (χ2n) is 6.01. The highest BCUT2D eigenvalue weighted by atomic mass is 35.5. The van der Waals surface area contributed by atoms with Gasteiger partial charge in [0.2, 0.25) is 5.82 Å². The highest BCUT2D eigenvalue weighted by molar-refractivity contribution is 6.32. The lowest BCUT2D eigenvalue weighted by molar-refractivity contribution is -0.139. The lowest BCUT2D eigenvalue weighted by atomic mass is 10.1. The van der Waals surface area contributed by atoms with Gasteiger partial charge < -0.3 is 9.73 Å². The summed E-state index contributed by atoms with van der Waals surface area (Å²) in [5, 5.41) is 16.4. The van der Waals surface area contributed by atoms with Gasteiger partial charge in [0.25, 0.3) is 0 Å². The van der Waals surface area contributed by atoms with Crippen LogP contribution in [0.5, 0.6) is 0 Å². The van der Waals surface area contributed by atoms with E-state index in [-0.39, 0.29) is 12.2 Å². The Morgan fingerprint density at radius 2 is 1.86 bits per heavy atom. The van der Waals surface area contributed by atoms with E-state index >= 15 is 0 Å². The van der Waals surface area contributed by atoms with Crippen molar-refractivity contribution in [2.75, 3.05) is 5.32 Å². The third kappa shape index (κ3) is 3.85. The minimum Gasteiger partial charge on any atom is -0.453 e. The molecule has 12 heteroatoms. The van der Waals surface area contributed by atoms with Gasteiger partial charge in [-0.2, -0.15) is 13.2 Å². The Balaban J connectivity index is 1.62. The summed E-state index contributed by atoms with van der Waals surface area (Å²) in [6.45, 7) is 0.0495. The Labute approximate surface area is 169 Å². The molecule has 0 spiro atoms. The Bertz CT molecular complexity index is 1190. The standard InChI is InChI=1S/C17H9Cl2F4N5O/c18-11-1-7-2-14(16-25-27-28-26-16)29-13(7)3-8(11)6-24-9-4-10(17(21,22)23)15(20)12(19)5-9/h1-5,24H,6H2,(H,25,26,27,28). The fourth-order valence-corrected chi connectivity index (χ4v) is 3.17. The zero-order valence-corrected chi connectivity index (χ0v) is 15.6. The first kappa shape index (κ1) is 19.5. The molecule has 4 rings (SSSR count). The molecule has 0 saturated heterocycles. The normalized spacial score (nSPS) is 11.9. The van der Waals surface area contributed by atoms with E-state index in [0.29, 0.717) is 39.2 Å². The number of hydrogen-bond donors (Lipinski definition) is 2. The maximum Gasteiger partial charge on any atom is 0.419 e. The molecule has 2 heterocycles. The van der Waals surface area contributed by atoms with E-state index in [9.17, 15) is 17.6 Å². The molecule has 0 saturated carbocycles. The molecule has 0 bridgehead atoms. The average Bonchev–Trinajstić information content (AvgIpc) is 3.30. The smallest absolute Gasteiger partial charge is 0.419 e. The number of tetrazole rings is 1. The number of rotatable bonds is 4. The number of nitrogens with zero attached hydrogens (tertiary/aromatic N) is 3. The Morgan fingerprint density at radius 1 is 1.07 bits per heavy atom. The topological polar surface area (TPSA) is 79.6 Å². The number of aromatic amines is 1. The summed E-state index contributed by atoms with van der Waals surface area (Å²) >= 11 is 11.9. The quantitative estimate of drug-likeness (QED) is 0.394. The molecular formula is C17H9Cl2F4N5O. The van der Waals surface area contributed by atoms with Gasteiger partial charge in [0.15, 0.2) is 11.6 Å². The van der Waals surface area contributed by atoms with Crippen LogP contribution < -0.4 is 5.32 Å². The molecule has 0 atom stereocenters. The first-order valence-corrected chi connectivity index (χ1v) is 8.74. The van der Waals surface area contributed by atoms with Crippen LogP contribution in [0, 0.1) is 5.82 Å². The molecule has 2 N–H and O–H groups in total. The first-order valence-electron chi connectivity index (χ1n) is 7.98. The van der Waals surface area contributed by atoms with Crippen LogP contribution in [0.3, 0.4) is 0 Å². The van der Waals surface area contributed by atoms with Crippen molar-refractivity contribution < 1.29 is 22.0 Å². The van der Waals surface area contributed by atoms with Gasteiger partial charge in [-0.1, -0.05) is 23.2 Å². The van der Waals surface area contributed by atoms with E-state index in [1.54, 1.807) is 18.2 Å². The van der Waals surface area contributed by atoms with Gasteiger partial charge in [0, 0.05) is 22.6 Å². The molecular weight excluding hydrogens is 437 g/mol. The molecule has 150 valence electrons. The Morgan fingerprint density at radius 3 is 2.55 bits per heavy atom. The molecule has 29 heavy (non-hydrogen) atoms. The van der Waals surface area contributed by atoms with Gasteiger partial charge in [-0.05, 0) is 46.3 Å². The van der Waals surface area contributed by atoms with E-state index in [1.807, 2.05) is 0 Å². The van der Waals surface area contributed by atoms with E-state index < -0.39 is 22.6 Å². The van der Waals surface area contributed by atoms with Gasteiger partial charge in [0.05, 0.1) is 10.6 Å². The van der Waals surface area contributed by atoms with Crippen LogP contribution in [0.2, 0.25) is 10.0 Å². The lowest BCUT2D eigenvalue weighted by Crippen LogP contribution is -2.10. The minimum atomic E-state index is -4.87. The molecule has 2 aromatic heterocycles. The third-order valence-corrected chi connectivity index (χ3v) is 4.71. The molecule has 6 nitrogen and oxygen atoms in total. The van der Waals surface area contributed by atoms with Crippen LogP contribution in [0.4, 0.5) is 23.2 Å². The summed E-state index contributed by atoms with van der Waals surface area (Å²) in [4.78, 5) is 0. The molecule has 4 aromatic rings. The number of H-pyrrole nitrogens is 1.